The van der Waals surface area contributed by atoms with E-state index in [0.717, 1.165) is 22.6 Å². The minimum Gasteiger partial charge on any atom is -0.507 e. The number of aromatic hydroxyl groups is 1. The maximum Gasteiger partial charge on any atom is 0.286 e. The zero-order valence-electron chi connectivity index (χ0n) is 18.2. The SMILES string of the molecule is COc1ccc(C2CC(c3ccccc3)=NN2C2=NC(=O)/C(=C/c3cc(Cl)ccc3O)S2)cc1. The van der Waals surface area contributed by atoms with Crippen LogP contribution in [0.25, 0.3) is 6.08 Å². The Bertz CT molecular complexity index is 1340. The normalized spacial score (nSPS) is 18.9. The summed E-state index contributed by atoms with van der Waals surface area (Å²) in [6.45, 7) is 0. The van der Waals surface area contributed by atoms with E-state index in [-0.39, 0.29) is 17.7 Å². The molecule has 5 rings (SSSR count). The van der Waals surface area contributed by atoms with Crippen LogP contribution in [0.2, 0.25) is 5.02 Å². The number of methoxy groups -OCH3 is 1. The molecule has 34 heavy (non-hydrogen) atoms. The number of nitrogens with zero attached hydrogens (tertiary/aromatic N) is 3. The number of amides is 1. The van der Waals surface area contributed by atoms with E-state index in [1.807, 2.05) is 59.6 Å². The summed E-state index contributed by atoms with van der Waals surface area (Å²) in [5.41, 5.74) is 3.44. The van der Waals surface area contributed by atoms with Crippen molar-refractivity contribution in [3.8, 4) is 11.5 Å². The van der Waals surface area contributed by atoms with Gasteiger partial charge >= 0.3 is 0 Å². The van der Waals surface area contributed by atoms with E-state index in [0.29, 0.717) is 27.1 Å². The number of carbonyl (C=O) groups is 1. The van der Waals surface area contributed by atoms with E-state index in [2.05, 4.69) is 4.99 Å². The van der Waals surface area contributed by atoms with Gasteiger partial charge in [0.25, 0.3) is 5.91 Å². The molecule has 1 N–H and O–H groups in total. The Hall–Kier alpha value is -3.55. The van der Waals surface area contributed by atoms with Crippen molar-refractivity contribution in [3.63, 3.8) is 0 Å². The van der Waals surface area contributed by atoms with Crippen molar-refractivity contribution in [2.75, 3.05) is 7.11 Å². The van der Waals surface area contributed by atoms with Crippen LogP contribution in [0.3, 0.4) is 0 Å². The van der Waals surface area contributed by atoms with Gasteiger partial charge in [0.1, 0.15) is 11.5 Å². The number of phenolic OH excluding ortho intramolecular Hbond substituents is 1. The predicted octanol–water partition coefficient (Wildman–Crippen LogP) is 5.88. The molecule has 0 fully saturated rings. The highest BCUT2D eigenvalue weighted by Gasteiger charge is 2.36. The molecule has 1 atom stereocenters. The Labute approximate surface area is 206 Å². The average molecular weight is 490 g/mol. The third kappa shape index (κ3) is 4.44. The van der Waals surface area contributed by atoms with Gasteiger partial charge in [-0.05, 0) is 59.3 Å². The number of thioether (sulfide) groups is 1. The Morgan fingerprint density at radius 2 is 1.88 bits per heavy atom. The monoisotopic (exact) mass is 489 g/mol. The number of ether oxygens (including phenoxy) is 1. The van der Waals surface area contributed by atoms with E-state index >= 15 is 0 Å². The number of hydrogen-bond donors (Lipinski definition) is 1. The van der Waals surface area contributed by atoms with Gasteiger partial charge in [-0.25, -0.2) is 5.01 Å². The Morgan fingerprint density at radius 1 is 1.12 bits per heavy atom. The van der Waals surface area contributed by atoms with Crippen LogP contribution in [-0.2, 0) is 4.79 Å². The second kappa shape index (κ2) is 9.37. The first-order chi connectivity index (χ1) is 16.5. The highest BCUT2D eigenvalue weighted by Crippen LogP contribution is 2.40. The largest absolute Gasteiger partial charge is 0.507 e. The highest BCUT2D eigenvalue weighted by molar-refractivity contribution is 8.18. The zero-order chi connectivity index (χ0) is 23.7. The van der Waals surface area contributed by atoms with Crippen molar-refractivity contribution in [1.82, 2.24) is 5.01 Å². The number of benzene rings is 3. The van der Waals surface area contributed by atoms with Crippen molar-refractivity contribution in [2.24, 2.45) is 10.1 Å². The van der Waals surface area contributed by atoms with E-state index in [1.54, 1.807) is 25.3 Å². The number of aliphatic imine (C=N–C) groups is 1. The smallest absolute Gasteiger partial charge is 0.286 e. The molecule has 1 unspecified atom stereocenters. The molecule has 3 aromatic rings. The maximum atomic E-state index is 12.7. The van der Waals surface area contributed by atoms with Gasteiger partial charge in [0.15, 0.2) is 5.17 Å². The topological polar surface area (TPSA) is 74.5 Å². The lowest BCUT2D eigenvalue weighted by Crippen LogP contribution is -2.23. The summed E-state index contributed by atoms with van der Waals surface area (Å²) in [5.74, 6) is 0.434. The van der Waals surface area contributed by atoms with Crippen molar-refractivity contribution >= 4 is 46.2 Å². The molecule has 170 valence electrons. The molecule has 0 bridgehead atoms. The number of phenols is 1. The molecule has 0 radical (unpaired) electrons. The molecule has 2 aliphatic rings. The number of hydrazone groups is 1. The summed E-state index contributed by atoms with van der Waals surface area (Å²) < 4.78 is 5.30. The minimum absolute atomic E-state index is 0.0421. The van der Waals surface area contributed by atoms with Crippen molar-refractivity contribution < 1.29 is 14.6 Å². The fraction of sp³-hybridized carbons (Fsp3) is 0.115. The Morgan fingerprint density at radius 3 is 2.62 bits per heavy atom. The van der Waals surface area contributed by atoms with Gasteiger partial charge in [0.05, 0.1) is 23.8 Å². The van der Waals surface area contributed by atoms with Crippen LogP contribution in [0.15, 0.2) is 87.8 Å². The van der Waals surface area contributed by atoms with Gasteiger partial charge in [-0.2, -0.15) is 10.1 Å². The molecular formula is C26H20ClN3O3S. The molecule has 0 saturated heterocycles. The van der Waals surface area contributed by atoms with E-state index < -0.39 is 0 Å². The molecule has 0 aromatic heterocycles. The Kier molecular flexibility index (Phi) is 6.13. The molecule has 2 heterocycles. The van der Waals surface area contributed by atoms with E-state index in [1.165, 1.54) is 17.8 Å². The van der Waals surface area contributed by atoms with E-state index in [9.17, 15) is 9.90 Å². The molecule has 1 amide bonds. The molecule has 0 spiro atoms. The van der Waals surface area contributed by atoms with Crippen LogP contribution in [0.4, 0.5) is 0 Å². The number of halogens is 1. The van der Waals surface area contributed by atoms with Crippen molar-refractivity contribution in [1.29, 1.82) is 0 Å². The first-order valence-electron chi connectivity index (χ1n) is 10.6. The average Bonchev–Trinajstić information content (AvgIpc) is 3.46. The Balaban J connectivity index is 1.48. The summed E-state index contributed by atoms with van der Waals surface area (Å²) >= 11 is 7.29. The lowest BCUT2D eigenvalue weighted by atomic mass is 9.98. The van der Waals surface area contributed by atoms with Crippen LogP contribution < -0.4 is 4.74 Å². The highest BCUT2D eigenvalue weighted by atomic mass is 35.5. The number of rotatable bonds is 4. The first kappa shape index (κ1) is 22.3. The zero-order valence-corrected chi connectivity index (χ0v) is 19.8. The lowest BCUT2D eigenvalue weighted by Gasteiger charge is -2.22. The summed E-state index contributed by atoms with van der Waals surface area (Å²) in [6.07, 6.45) is 2.27. The minimum atomic E-state index is -0.379. The lowest BCUT2D eigenvalue weighted by molar-refractivity contribution is -0.113. The van der Waals surface area contributed by atoms with Crippen molar-refractivity contribution in [2.45, 2.75) is 12.5 Å². The van der Waals surface area contributed by atoms with Crippen LogP contribution in [0.5, 0.6) is 11.5 Å². The second-order valence-electron chi connectivity index (χ2n) is 7.76. The standard InChI is InChI=1S/C26H20ClN3O3S/c1-33-20-10-7-17(8-11-20)22-15-21(16-5-3-2-4-6-16)29-30(22)26-28-25(32)24(34-26)14-18-13-19(27)9-12-23(18)31/h2-14,22,31H,15H2,1H3/b24-14-. The predicted molar refractivity (Wildman–Crippen MR) is 136 cm³/mol. The molecule has 6 nitrogen and oxygen atoms in total. The third-order valence-electron chi connectivity index (χ3n) is 5.60. The van der Waals surface area contributed by atoms with Gasteiger partial charge in [0, 0.05) is 17.0 Å². The quantitative estimate of drug-likeness (QED) is 0.463. The van der Waals surface area contributed by atoms with Crippen LogP contribution >= 0.6 is 23.4 Å². The number of carbonyl (C=O) groups excluding carboxylic acids is 1. The van der Waals surface area contributed by atoms with Crippen LogP contribution in [0.1, 0.15) is 29.2 Å². The maximum absolute atomic E-state index is 12.7. The van der Waals surface area contributed by atoms with Crippen LogP contribution in [0, 0.1) is 0 Å². The number of amidine groups is 1. The van der Waals surface area contributed by atoms with Gasteiger partial charge in [0.2, 0.25) is 0 Å². The van der Waals surface area contributed by atoms with Gasteiger partial charge < -0.3 is 9.84 Å². The van der Waals surface area contributed by atoms with Crippen LogP contribution in [-0.4, -0.2) is 34.0 Å². The third-order valence-corrected chi connectivity index (χ3v) is 6.81. The van der Waals surface area contributed by atoms with Gasteiger partial charge in [-0.15, -0.1) is 0 Å². The fourth-order valence-electron chi connectivity index (χ4n) is 3.86. The molecule has 8 heteroatoms. The summed E-state index contributed by atoms with van der Waals surface area (Å²) in [6, 6.07) is 22.4. The summed E-state index contributed by atoms with van der Waals surface area (Å²) in [4.78, 5) is 17.4. The molecule has 3 aromatic carbocycles. The number of hydrogen-bond acceptors (Lipinski definition) is 6. The van der Waals surface area contributed by atoms with Gasteiger partial charge in [-0.3, -0.25) is 4.79 Å². The van der Waals surface area contributed by atoms with Gasteiger partial charge in [-0.1, -0.05) is 54.1 Å². The molecular weight excluding hydrogens is 470 g/mol. The van der Waals surface area contributed by atoms with Crippen molar-refractivity contribution in [3.05, 3.63) is 99.4 Å². The molecule has 0 saturated carbocycles. The molecule has 0 aliphatic carbocycles. The second-order valence-corrected chi connectivity index (χ2v) is 9.21. The fourth-order valence-corrected chi connectivity index (χ4v) is 4.94. The summed E-state index contributed by atoms with van der Waals surface area (Å²) in [5, 5.41) is 17.8. The van der Waals surface area contributed by atoms with E-state index in [4.69, 9.17) is 21.4 Å². The summed E-state index contributed by atoms with van der Waals surface area (Å²) in [7, 11) is 1.63. The molecule has 2 aliphatic heterocycles. The first-order valence-corrected chi connectivity index (χ1v) is 11.8.